The smallest absolute Gasteiger partial charge is 0.220 e. The second-order valence-electron chi connectivity index (χ2n) is 5.12. The van der Waals surface area contributed by atoms with Gasteiger partial charge < -0.3 is 15.2 Å². The third-order valence-corrected chi connectivity index (χ3v) is 4.55. The quantitative estimate of drug-likeness (QED) is 0.834. The minimum atomic E-state index is -0.350. The molecule has 0 bridgehead atoms. The van der Waals surface area contributed by atoms with Gasteiger partial charge in [0, 0.05) is 29.4 Å². The van der Waals surface area contributed by atoms with E-state index in [1.165, 1.54) is 9.75 Å². The van der Waals surface area contributed by atoms with E-state index in [0.29, 0.717) is 26.1 Å². The molecule has 1 fully saturated rings. The lowest BCUT2D eigenvalue weighted by molar-refractivity contribution is -0.123. The summed E-state index contributed by atoms with van der Waals surface area (Å²) in [5.74, 6) is 0.0463. The molecule has 1 atom stereocenters. The molecule has 0 saturated carbocycles. The molecule has 0 aromatic carbocycles. The number of nitrogens with one attached hydrogen (secondary N) is 1. The average molecular weight is 283 g/mol. The molecule has 2 N–H and O–H groups in total. The molecule has 19 heavy (non-hydrogen) atoms. The van der Waals surface area contributed by atoms with Gasteiger partial charge in [-0.25, -0.2) is 0 Å². The zero-order valence-corrected chi connectivity index (χ0v) is 12.1. The van der Waals surface area contributed by atoms with Gasteiger partial charge in [0.2, 0.25) is 5.91 Å². The fourth-order valence-corrected chi connectivity index (χ4v) is 3.28. The molecule has 0 radical (unpaired) electrons. The van der Waals surface area contributed by atoms with Crippen molar-refractivity contribution in [1.29, 1.82) is 0 Å². The SMILES string of the molecule is Cc1ccc(CCC(=O)N[C@@]2(CCO)CCOC2)s1. The summed E-state index contributed by atoms with van der Waals surface area (Å²) in [6, 6.07) is 4.16. The molecule has 1 aliphatic rings. The highest BCUT2D eigenvalue weighted by Crippen LogP contribution is 2.23. The number of aryl methyl sites for hydroxylation is 2. The molecular formula is C14H21NO3S. The maximum atomic E-state index is 12.0. The van der Waals surface area contributed by atoms with Crippen molar-refractivity contribution in [2.45, 2.75) is 38.1 Å². The number of aliphatic hydroxyl groups excluding tert-OH is 1. The van der Waals surface area contributed by atoms with E-state index in [0.717, 1.165) is 12.8 Å². The van der Waals surface area contributed by atoms with Gasteiger partial charge in [-0.05, 0) is 38.3 Å². The third-order valence-electron chi connectivity index (χ3n) is 3.49. The summed E-state index contributed by atoms with van der Waals surface area (Å²) in [5, 5.41) is 12.2. The van der Waals surface area contributed by atoms with Gasteiger partial charge in [0.25, 0.3) is 0 Å². The summed E-state index contributed by atoms with van der Waals surface area (Å²) >= 11 is 1.74. The summed E-state index contributed by atoms with van der Waals surface area (Å²) in [6.45, 7) is 3.32. The fourth-order valence-electron chi connectivity index (χ4n) is 2.39. The topological polar surface area (TPSA) is 58.6 Å². The maximum absolute atomic E-state index is 12.0. The van der Waals surface area contributed by atoms with E-state index < -0.39 is 0 Å². The molecule has 0 aliphatic carbocycles. The van der Waals surface area contributed by atoms with Crippen LogP contribution in [-0.2, 0) is 16.0 Å². The van der Waals surface area contributed by atoms with E-state index in [1.807, 2.05) is 0 Å². The Morgan fingerprint density at radius 1 is 1.58 bits per heavy atom. The van der Waals surface area contributed by atoms with E-state index in [4.69, 9.17) is 9.84 Å². The van der Waals surface area contributed by atoms with Crippen molar-refractivity contribution >= 4 is 17.2 Å². The first-order chi connectivity index (χ1) is 9.13. The van der Waals surface area contributed by atoms with Crippen molar-refractivity contribution in [3.05, 3.63) is 21.9 Å². The van der Waals surface area contributed by atoms with E-state index in [-0.39, 0.29) is 18.1 Å². The zero-order valence-electron chi connectivity index (χ0n) is 11.3. The van der Waals surface area contributed by atoms with Crippen LogP contribution in [0.4, 0.5) is 0 Å². The molecule has 0 unspecified atom stereocenters. The molecular weight excluding hydrogens is 262 g/mol. The van der Waals surface area contributed by atoms with Crippen LogP contribution in [0.25, 0.3) is 0 Å². The lowest BCUT2D eigenvalue weighted by atomic mass is 9.94. The third kappa shape index (κ3) is 4.03. The predicted molar refractivity (Wildman–Crippen MR) is 75.4 cm³/mol. The zero-order chi connectivity index (χ0) is 13.7. The summed E-state index contributed by atoms with van der Waals surface area (Å²) in [6.07, 6.45) is 2.63. The molecule has 1 aromatic rings. The van der Waals surface area contributed by atoms with Crippen LogP contribution in [0.15, 0.2) is 12.1 Å². The van der Waals surface area contributed by atoms with Gasteiger partial charge in [-0.1, -0.05) is 0 Å². The molecule has 0 spiro atoms. The Balaban J connectivity index is 1.82. The maximum Gasteiger partial charge on any atom is 0.220 e. The van der Waals surface area contributed by atoms with Crippen molar-refractivity contribution < 1.29 is 14.6 Å². The van der Waals surface area contributed by atoms with Crippen LogP contribution < -0.4 is 5.32 Å². The van der Waals surface area contributed by atoms with E-state index >= 15 is 0 Å². The molecule has 2 rings (SSSR count). The largest absolute Gasteiger partial charge is 0.396 e. The summed E-state index contributed by atoms with van der Waals surface area (Å²) in [5.41, 5.74) is -0.350. The first-order valence-corrected chi connectivity index (χ1v) is 7.50. The average Bonchev–Trinajstić information content (AvgIpc) is 2.97. The van der Waals surface area contributed by atoms with Gasteiger partial charge >= 0.3 is 0 Å². The Morgan fingerprint density at radius 2 is 2.42 bits per heavy atom. The first kappa shape index (κ1) is 14.5. The summed E-state index contributed by atoms with van der Waals surface area (Å²) in [7, 11) is 0. The number of ether oxygens (including phenoxy) is 1. The molecule has 5 heteroatoms. The second-order valence-corrected chi connectivity index (χ2v) is 6.49. The number of thiophene rings is 1. The van der Waals surface area contributed by atoms with Crippen LogP contribution in [0.1, 0.15) is 29.0 Å². The van der Waals surface area contributed by atoms with E-state index in [9.17, 15) is 4.79 Å². The minimum Gasteiger partial charge on any atom is -0.396 e. The first-order valence-electron chi connectivity index (χ1n) is 6.68. The molecule has 1 amide bonds. The van der Waals surface area contributed by atoms with Gasteiger partial charge in [-0.15, -0.1) is 11.3 Å². The van der Waals surface area contributed by atoms with Crippen molar-refractivity contribution in [2.75, 3.05) is 19.8 Å². The monoisotopic (exact) mass is 283 g/mol. The number of amides is 1. The minimum absolute atomic E-state index is 0.0463. The van der Waals surface area contributed by atoms with Crippen LogP contribution >= 0.6 is 11.3 Å². The number of rotatable bonds is 6. The van der Waals surface area contributed by atoms with Crippen LogP contribution in [-0.4, -0.2) is 36.4 Å². The van der Waals surface area contributed by atoms with Gasteiger partial charge in [-0.2, -0.15) is 0 Å². The molecule has 2 heterocycles. The Morgan fingerprint density at radius 3 is 3.00 bits per heavy atom. The lowest BCUT2D eigenvalue weighted by Gasteiger charge is -2.28. The van der Waals surface area contributed by atoms with Crippen LogP contribution in [0.2, 0.25) is 0 Å². The van der Waals surface area contributed by atoms with E-state index in [2.05, 4.69) is 24.4 Å². The molecule has 4 nitrogen and oxygen atoms in total. The van der Waals surface area contributed by atoms with Gasteiger partial charge in [0.05, 0.1) is 12.1 Å². The van der Waals surface area contributed by atoms with E-state index in [1.54, 1.807) is 11.3 Å². The highest BCUT2D eigenvalue weighted by molar-refractivity contribution is 7.11. The molecule has 1 aliphatic heterocycles. The Hall–Kier alpha value is -0.910. The number of hydrogen-bond acceptors (Lipinski definition) is 4. The van der Waals surface area contributed by atoms with Crippen LogP contribution in [0.3, 0.4) is 0 Å². The Labute approximate surface area is 117 Å². The highest BCUT2D eigenvalue weighted by Gasteiger charge is 2.35. The van der Waals surface area contributed by atoms with Crippen molar-refractivity contribution in [1.82, 2.24) is 5.32 Å². The lowest BCUT2D eigenvalue weighted by Crippen LogP contribution is -2.49. The number of aliphatic hydroxyl groups is 1. The Kier molecular flexibility index (Phi) is 4.96. The second kappa shape index (κ2) is 6.50. The molecule has 1 aromatic heterocycles. The molecule has 106 valence electrons. The molecule has 1 saturated heterocycles. The van der Waals surface area contributed by atoms with Gasteiger partial charge in [-0.3, -0.25) is 4.79 Å². The predicted octanol–water partition coefficient (Wildman–Crippen LogP) is 1.65. The number of carbonyl (C=O) groups is 1. The fraction of sp³-hybridized carbons (Fsp3) is 0.643. The van der Waals surface area contributed by atoms with Gasteiger partial charge in [0.1, 0.15) is 0 Å². The normalized spacial score (nSPS) is 22.6. The summed E-state index contributed by atoms with van der Waals surface area (Å²) in [4.78, 5) is 14.5. The summed E-state index contributed by atoms with van der Waals surface area (Å²) < 4.78 is 5.36. The van der Waals surface area contributed by atoms with Crippen molar-refractivity contribution in [3.8, 4) is 0 Å². The van der Waals surface area contributed by atoms with Crippen molar-refractivity contribution in [2.24, 2.45) is 0 Å². The highest BCUT2D eigenvalue weighted by atomic mass is 32.1. The standard InChI is InChI=1S/C14H21NO3S/c1-11-2-3-12(19-11)4-5-13(17)15-14(6-8-16)7-9-18-10-14/h2-3,16H,4-10H2,1H3,(H,15,17)/t14-/m0/s1. The van der Waals surface area contributed by atoms with Crippen molar-refractivity contribution in [3.63, 3.8) is 0 Å². The van der Waals surface area contributed by atoms with Crippen LogP contribution in [0.5, 0.6) is 0 Å². The Bertz CT molecular complexity index is 424. The number of carbonyl (C=O) groups excluding carboxylic acids is 1. The van der Waals surface area contributed by atoms with Gasteiger partial charge in [0.15, 0.2) is 0 Å². The van der Waals surface area contributed by atoms with Crippen LogP contribution in [0, 0.1) is 6.92 Å². The number of hydrogen-bond donors (Lipinski definition) is 2.